The van der Waals surface area contributed by atoms with Gasteiger partial charge in [-0.05, 0) is 13.0 Å². The molecule has 1 heterocycles. The Morgan fingerprint density at radius 3 is 3.13 bits per heavy atom. The normalized spacial score (nSPS) is 10.5. The fourth-order valence-corrected chi connectivity index (χ4v) is 1.40. The molecule has 0 fully saturated rings. The van der Waals surface area contributed by atoms with Gasteiger partial charge in [0.1, 0.15) is 11.3 Å². The summed E-state index contributed by atoms with van der Waals surface area (Å²) in [4.78, 5) is 18.3. The fraction of sp³-hybridized carbons (Fsp3) is 0.200. The lowest BCUT2D eigenvalue weighted by Crippen LogP contribution is -2.05. The topological polar surface area (TPSA) is 75.2 Å². The number of aromatic hydroxyl groups is 1. The molecule has 0 atom stereocenters. The molecule has 0 aliphatic rings. The van der Waals surface area contributed by atoms with Gasteiger partial charge in [0, 0.05) is 6.07 Å². The summed E-state index contributed by atoms with van der Waals surface area (Å²) in [6.07, 6.45) is 1.47. The van der Waals surface area contributed by atoms with Crippen LogP contribution in [0.4, 0.5) is 0 Å². The van der Waals surface area contributed by atoms with E-state index in [0.29, 0.717) is 17.6 Å². The Kier molecular flexibility index (Phi) is 2.29. The van der Waals surface area contributed by atoms with Gasteiger partial charge >= 0.3 is 5.97 Å². The molecule has 15 heavy (non-hydrogen) atoms. The van der Waals surface area contributed by atoms with Crippen LogP contribution in [0, 0.1) is 0 Å². The zero-order valence-corrected chi connectivity index (χ0v) is 8.15. The number of benzene rings is 1. The molecule has 0 bridgehead atoms. The molecule has 2 rings (SSSR count). The van der Waals surface area contributed by atoms with Crippen LogP contribution in [0.3, 0.4) is 0 Å². The van der Waals surface area contributed by atoms with Crippen LogP contribution in [0.2, 0.25) is 0 Å². The van der Waals surface area contributed by atoms with Crippen LogP contribution in [0.15, 0.2) is 18.5 Å². The van der Waals surface area contributed by atoms with E-state index in [9.17, 15) is 9.90 Å². The summed E-state index contributed by atoms with van der Waals surface area (Å²) in [5.74, 6) is -0.472. The zero-order chi connectivity index (χ0) is 10.8. The Bertz CT molecular complexity index is 504. The number of rotatable bonds is 2. The van der Waals surface area contributed by atoms with Gasteiger partial charge in [0.05, 0.1) is 24.0 Å². The molecule has 5 nitrogen and oxygen atoms in total. The van der Waals surface area contributed by atoms with Gasteiger partial charge in [0.25, 0.3) is 0 Å². The maximum atomic E-state index is 11.5. The molecule has 2 aromatic rings. The number of phenolic OH excluding ortho intramolecular Hbond substituents is 1. The summed E-state index contributed by atoms with van der Waals surface area (Å²) in [6.45, 7) is 2.02. The first-order valence-electron chi connectivity index (χ1n) is 4.55. The van der Waals surface area contributed by atoms with Crippen molar-refractivity contribution in [2.45, 2.75) is 6.92 Å². The summed E-state index contributed by atoms with van der Waals surface area (Å²) in [5.41, 5.74) is 1.39. The number of imidazole rings is 1. The highest BCUT2D eigenvalue weighted by molar-refractivity contribution is 6.02. The summed E-state index contributed by atoms with van der Waals surface area (Å²) < 4.78 is 4.86. The molecule has 0 aliphatic carbocycles. The van der Waals surface area contributed by atoms with E-state index in [2.05, 4.69) is 9.97 Å². The number of ether oxygens (including phenoxy) is 1. The first-order chi connectivity index (χ1) is 7.22. The number of esters is 1. The SMILES string of the molecule is CCOC(=O)c1cc(O)cc2[nH]cnc12. The third-order valence-electron chi connectivity index (χ3n) is 2.00. The van der Waals surface area contributed by atoms with Crippen molar-refractivity contribution in [2.75, 3.05) is 6.61 Å². The molecule has 0 unspecified atom stereocenters. The van der Waals surface area contributed by atoms with Gasteiger partial charge in [-0.25, -0.2) is 9.78 Å². The van der Waals surface area contributed by atoms with Gasteiger partial charge in [-0.1, -0.05) is 0 Å². The molecule has 0 amide bonds. The number of fused-ring (bicyclic) bond motifs is 1. The maximum Gasteiger partial charge on any atom is 0.340 e. The number of nitrogens with one attached hydrogen (secondary N) is 1. The lowest BCUT2D eigenvalue weighted by Gasteiger charge is -2.03. The number of aromatic amines is 1. The van der Waals surface area contributed by atoms with Gasteiger partial charge in [-0.15, -0.1) is 0 Å². The molecule has 0 spiro atoms. The number of carbonyl (C=O) groups is 1. The number of phenols is 1. The minimum Gasteiger partial charge on any atom is -0.508 e. The Balaban J connectivity index is 2.57. The Morgan fingerprint density at radius 1 is 1.60 bits per heavy atom. The molecular weight excluding hydrogens is 196 g/mol. The number of H-pyrrole nitrogens is 1. The van der Waals surface area contributed by atoms with Crippen LogP contribution in [0.1, 0.15) is 17.3 Å². The standard InChI is InChI=1S/C10H10N2O3/c1-2-15-10(14)7-3-6(13)4-8-9(7)12-5-11-8/h3-5,13H,2H2,1H3,(H,11,12). The minimum absolute atomic E-state index is 0.00908. The molecule has 2 N–H and O–H groups in total. The maximum absolute atomic E-state index is 11.5. The second-order valence-electron chi connectivity index (χ2n) is 3.01. The van der Waals surface area contributed by atoms with Crippen LogP contribution >= 0.6 is 0 Å². The highest BCUT2D eigenvalue weighted by Crippen LogP contribution is 2.22. The van der Waals surface area contributed by atoms with Crippen LogP contribution in [-0.4, -0.2) is 27.7 Å². The van der Waals surface area contributed by atoms with Gasteiger partial charge in [0.15, 0.2) is 0 Å². The minimum atomic E-state index is -0.481. The number of hydrogen-bond donors (Lipinski definition) is 2. The third kappa shape index (κ3) is 1.63. The van der Waals surface area contributed by atoms with E-state index >= 15 is 0 Å². The highest BCUT2D eigenvalue weighted by Gasteiger charge is 2.14. The van der Waals surface area contributed by atoms with Crippen LogP contribution in [0.5, 0.6) is 5.75 Å². The summed E-state index contributed by atoms with van der Waals surface area (Å²) in [7, 11) is 0. The molecular formula is C10H10N2O3. The van der Waals surface area contributed by atoms with E-state index in [4.69, 9.17) is 4.74 Å². The van der Waals surface area contributed by atoms with Crippen molar-refractivity contribution in [3.8, 4) is 5.75 Å². The summed E-state index contributed by atoms with van der Waals surface area (Å²) in [5, 5.41) is 9.39. The largest absolute Gasteiger partial charge is 0.508 e. The molecule has 1 aromatic heterocycles. The predicted octanol–water partition coefficient (Wildman–Crippen LogP) is 1.45. The van der Waals surface area contributed by atoms with Crippen molar-refractivity contribution < 1.29 is 14.6 Å². The van der Waals surface area contributed by atoms with Crippen LogP contribution in [0.25, 0.3) is 11.0 Å². The van der Waals surface area contributed by atoms with E-state index in [-0.39, 0.29) is 11.3 Å². The molecule has 1 aromatic carbocycles. The monoisotopic (exact) mass is 206 g/mol. The molecule has 0 radical (unpaired) electrons. The molecule has 0 aliphatic heterocycles. The van der Waals surface area contributed by atoms with E-state index in [1.54, 1.807) is 6.92 Å². The Morgan fingerprint density at radius 2 is 2.40 bits per heavy atom. The third-order valence-corrected chi connectivity index (χ3v) is 2.00. The van der Waals surface area contributed by atoms with Gasteiger partial charge < -0.3 is 14.8 Å². The first kappa shape index (κ1) is 9.51. The average Bonchev–Trinajstić information content (AvgIpc) is 2.64. The number of hydrogen-bond acceptors (Lipinski definition) is 4. The quantitative estimate of drug-likeness (QED) is 0.729. The van der Waals surface area contributed by atoms with E-state index in [1.165, 1.54) is 18.5 Å². The number of nitrogens with zero attached hydrogens (tertiary/aromatic N) is 1. The first-order valence-corrected chi connectivity index (χ1v) is 4.55. The van der Waals surface area contributed by atoms with Crippen LogP contribution < -0.4 is 0 Å². The van der Waals surface area contributed by atoms with Gasteiger partial charge in [0.2, 0.25) is 0 Å². The van der Waals surface area contributed by atoms with Crippen LogP contribution in [-0.2, 0) is 4.74 Å². The average molecular weight is 206 g/mol. The van der Waals surface area contributed by atoms with Gasteiger partial charge in [-0.3, -0.25) is 0 Å². The van der Waals surface area contributed by atoms with Gasteiger partial charge in [-0.2, -0.15) is 0 Å². The molecule has 0 saturated carbocycles. The predicted molar refractivity (Wildman–Crippen MR) is 53.7 cm³/mol. The zero-order valence-electron chi connectivity index (χ0n) is 8.15. The Hall–Kier alpha value is -2.04. The Labute approximate surface area is 85.7 Å². The summed E-state index contributed by atoms with van der Waals surface area (Å²) >= 11 is 0. The lowest BCUT2D eigenvalue weighted by molar-refractivity contribution is 0.0528. The fourth-order valence-electron chi connectivity index (χ4n) is 1.40. The van der Waals surface area contributed by atoms with E-state index in [1.807, 2.05) is 0 Å². The summed E-state index contributed by atoms with van der Waals surface area (Å²) in [6, 6.07) is 2.85. The van der Waals surface area contributed by atoms with Crippen molar-refractivity contribution >= 4 is 17.0 Å². The second kappa shape index (κ2) is 3.61. The van der Waals surface area contributed by atoms with E-state index in [0.717, 1.165) is 0 Å². The molecule has 5 heteroatoms. The van der Waals surface area contributed by atoms with Crippen molar-refractivity contribution in [1.82, 2.24) is 9.97 Å². The highest BCUT2D eigenvalue weighted by atomic mass is 16.5. The van der Waals surface area contributed by atoms with Crippen molar-refractivity contribution in [1.29, 1.82) is 0 Å². The van der Waals surface area contributed by atoms with Crippen molar-refractivity contribution in [2.24, 2.45) is 0 Å². The molecule has 0 saturated heterocycles. The van der Waals surface area contributed by atoms with Crippen molar-refractivity contribution in [3.63, 3.8) is 0 Å². The number of carbonyl (C=O) groups excluding carboxylic acids is 1. The second-order valence-corrected chi connectivity index (χ2v) is 3.01. The molecule has 78 valence electrons. The van der Waals surface area contributed by atoms with Crippen molar-refractivity contribution in [3.05, 3.63) is 24.0 Å². The number of aromatic nitrogens is 2. The smallest absolute Gasteiger partial charge is 0.340 e. The van der Waals surface area contributed by atoms with E-state index < -0.39 is 5.97 Å². The lowest BCUT2D eigenvalue weighted by atomic mass is 10.2.